The van der Waals surface area contributed by atoms with E-state index in [9.17, 15) is 4.79 Å². The molecule has 0 heterocycles. The number of ether oxygens (including phenoxy) is 1. The molecule has 6 heteroatoms. The van der Waals surface area contributed by atoms with Gasteiger partial charge in [0.15, 0.2) is 5.11 Å². The van der Waals surface area contributed by atoms with E-state index in [4.69, 9.17) is 17.0 Å². The first kappa shape index (κ1) is 19.7. The highest BCUT2D eigenvalue weighted by Gasteiger charge is 2.10. The van der Waals surface area contributed by atoms with Gasteiger partial charge in [0.05, 0.1) is 6.10 Å². The maximum absolute atomic E-state index is 12.3. The highest BCUT2D eigenvalue weighted by molar-refractivity contribution is 14.1. The second-order valence-corrected chi connectivity index (χ2v) is 7.51. The summed E-state index contributed by atoms with van der Waals surface area (Å²) in [6.45, 7) is 8.00. The van der Waals surface area contributed by atoms with Crippen LogP contribution >= 0.6 is 34.8 Å². The Morgan fingerprint density at radius 3 is 2.20 bits per heavy atom. The standard InChI is InChI=1S/C19H21IN2O2S/c1-11(2)24-16-7-5-14(6-8-16)18(23)22-19(25)21-15-9-12(3)17(20)13(4)10-15/h5-11H,1-4H3,(H2,21,22,23,25). The van der Waals surface area contributed by atoms with Crippen molar-refractivity contribution in [1.82, 2.24) is 5.32 Å². The Hall–Kier alpha value is -1.67. The molecule has 2 N–H and O–H groups in total. The van der Waals surface area contributed by atoms with Gasteiger partial charge in [-0.15, -0.1) is 0 Å². The molecule has 0 aliphatic rings. The number of hydrogen-bond acceptors (Lipinski definition) is 3. The highest BCUT2D eigenvalue weighted by Crippen LogP contribution is 2.21. The van der Waals surface area contributed by atoms with Gasteiger partial charge in [0.25, 0.3) is 5.91 Å². The largest absolute Gasteiger partial charge is 0.491 e. The number of thiocarbonyl (C=S) groups is 1. The first-order chi connectivity index (χ1) is 11.8. The number of hydrogen-bond donors (Lipinski definition) is 2. The topological polar surface area (TPSA) is 50.4 Å². The number of nitrogens with one attached hydrogen (secondary N) is 2. The molecule has 0 aliphatic heterocycles. The van der Waals surface area contributed by atoms with Gasteiger partial charge < -0.3 is 10.1 Å². The minimum Gasteiger partial charge on any atom is -0.491 e. The molecule has 1 amide bonds. The van der Waals surface area contributed by atoms with E-state index in [1.807, 2.05) is 39.8 Å². The first-order valence-corrected chi connectivity index (χ1v) is 9.40. The van der Waals surface area contributed by atoms with Crippen LogP contribution in [-0.2, 0) is 0 Å². The summed E-state index contributed by atoms with van der Waals surface area (Å²) in [5, 5.41) is 6.03. The molecule has 2 rings (SSSR count). The van der Waals surface area contributed by atoms with Crippen LogP contribution in [0.2, 0.25) is 0 Å². The van der Waals surface area contributed by atoms with Crippen molar-refractivity contribution in [1.29, 1.82) is 0 Å². The molecule has 0 aromatic heterocycles. The maximum atomic E-state index is 12.3. The van der Waals surface area contributed by atoms with Crippen molar-refractivity contribution in [3.8, 4) is 5.75 Å². The Labute approximate surface area is 167 Å². The number of aryl methyl sites for hydroxylation is 2. The van der Waals surface area contributed by atoms with Gasteiger partial charge in [0, 0.05) is 14.8 Å². The molecule has 0 bridgehead atoms. The van der Waals surface area contributed by atoms with Gasteiger partial charge in [0.1, 0.15) is 5.75 Å². The zero-order chi connectivity index (χ0) is 18.6. The molecule has 0 atom stereocenters. The van der Waals surface area contributed by atoms with Crippen molar-refractivity contribution in [2.24, 2.45) is 0 Å². The van der Waals surface area contributed by atoms with Crippen LogP contribution in [0.1, 0.15) is 35.3 Å². The second-order valence-electron chi connectivity index (χ2n) is 6.02. The smallest absolute Gasteiger partial charge is 0.257 e. The molecule has 2 aromatic carbocycles. The Morgan fingerprint density at radius 2 is 1.68 bits per heavy atom. The first-order valence-electron chi connectivity index (χ1n) is 7.92. The van der Waals surface area contributed by atoms with Crippen LogP contribution in [0.4, 0.5) is 5.69 Å². The van der Waals surface area contributed by atoms with Crippen LogP contribution in [0.3, 0.4) is 0 Å². The van der Waals surface area contributed by atoms with Gasteiger partial charge in [-0.2, -0.15) is 0 Å². The van der Waals surface area contributed by atoms with Gasteiger partial charge in [-0.05, 0) is 110 Å². The molecule has 0 radical (unpaired) electrons. The predicted octanol–water partition coefficient (Wildman–Crippen LogP) is 4.82. The van der Waals surface area contributed by atoms with E-state index in [-0.39, 0.29) is 17.1 Å². The fraction of sp³-hybridized carbons (Fsp3) is 0.263. The van der Waals surface area contributed by atoms with E-state index in [1.165, 1.54) is 3.57 Å². The summed E-state index contributed by atoms with van der Waals surface area (Å²) >= 11 is 7.56. The zero-order valence-corrected chi connectivity index (χ0v) is 17.6. The van der Waals surface area contributed by atoms with Gasteiger partial charge in [-0.1, -0.05) is 0 Å². The molecular formula is C19H21IN2O2S. The summed E-state index contributed by atoms with van der Waals surface area (Å²) in [4.78, 5) is 12.3. The third kappa shape index (κ3) is 5.67. The van der Waals surface area contributed by atoms with Crippen LogP contribution in [-0.4, -0.2) is 17.1 Å². The minimum absolute atomic E-state index is 0.0947. The second kappa shape index (κ2) is 8.62. The molecule has 25 heavy (non-hydrogen) atoms. The van der Waals surface area contributed by atoms with E-state index in [2.05, 4.69) is 33.2 Å². The van der Waals surface area contributed by atoms with E-state index in [1.54, 1.807) is 24.3 Å². The molecule has 4 nitrogen and oxygen atoms in total. The summed E-state index contributed by atoms with van der Waals surface area (Å²) in [7, 11) is 0. The lowest BCUT2D eigenvalue weighted by Crippen LogP contribution is -2.34. The van der Waals surface area contributed by atoms with Crippen molar-refractivity contribution in [2.75, 3.05) is 5.32 Å². The highest BCUT2D eigenvalue weighted by atomic mass is 127. The van der Waals surface area contributed by atoms with Gasteiger partial charge in [-0.3, -0.25) is 10.1 Å². The van der Waals surface area contributed by atoms with Crippen molar-refractivity contribution < 1.29 is 9.53 Å². The third-order valence-electron chi connectivity index (χ3n) is 3.41. The molecule has 0 fully saturated rings. The molecule has 0 spiro atoms. The normalized spacial score (nSPS) is 10.5. The lowest BCUT2D eigenvalue weighted by Gasteiger charge is -2.13. The SMILES string of the molecule is Cc1cc(NC(=S)NC(=O)c2ccc(OC(C)C)cc2)cc(C)c1I. The van der Waals surface area contributed by atoms with Crippen LogP contribution in [0.15, 0.2) is 36.4 Å². The zero-order valence-electron chi connectivity index (χ0n) is 14.6. The number of carbonyl (C=O) groups is 1. The summed E-state index contributed by atoms with van der Waals surface area (Å²) in [6, 6.07) is 11.0. The summed E-state index contributed by atoms with van der Waals surface area (Å²) < 4.78 is 6.79. The van der Waals surface area contributed by atoms with Crippen LogP contribution in [0, 0.1) is 17.4 Å². The monoisotopic (exact) mass is 468 g/mol. The lowest BCUT2D eigenvalue weighted by atomic mass is 10.1. The third-order valence-corrected chi connectivity index (χ3v) is 5.32. The van der Waals surface area contributed by atoms with Crippen LogP contribution < -0.4 is 15.4 Å². The molecule has 2 aromatic rings. The van der Waals surface area contributed by atoms with Crippen molar-refractivity contribution in [3.05, 3.63) is 56.7 Å². The number of halogens is 1. The van der Waals surface area contributed by atoms with E-state index < -0.39 is 0 Å². The van der Waals surface area contributed by atoms with Crippen LogP contribution in [0.25, 0.3) is 0 Å². The van der Waals surface area contributed by atoms with Crippen molar-refractivity contribution in [3.63, 3.8) is 0 Å². The average Bonchev–Trinajstić information content (AvgIpc) is 2.52. The molecule has 0 unspecified atom stereocenters. The van der Waals surface area contributed by atoms with Gasteiger partial charge >= 0.3 is 0 Å². The Morgan fingerprint density at radius 1 is 1.12 bits per heavy atom. The predicted molar refractivity (Wildman–Crippen MR) is 115 cm³/mol. The van der Waals surface area contributed by atoms with E-state index in [0.717, 1.165) is 22.6 Å². The van der Waals surface area contributed by atoms with Gasteiger partial charge in [-0.25, -0.2) is 0 Å². The number of amides is 1. The molecule has 0 saturated carbocycles. The van der Waals surface area contributed by atoms with Gasteiger partial charge in [0.2, 0.25) is 0 Å². The number of anilines is 1. The van der Waals surface area contributed by atoms with Crippen molar-refractivity contribution >= 4 is 51.5 Å². The number of carbonyl (C=O) groups excluding carboxylic acids is 1. The fourth-order valence-electron chi connectivity index (χ4n) is 2.31. The molecular weight excluding hydrogens is 447 g/mol. The van der Waals surface area contributed by atoms with Crippen molar-refractivity contribution in [2.45, 2.75) is 33.8 Å². The summed E-state index contributed by atoms with van der Waals surface area (Å²) in [5.74, 6) is 0.477. The summed E-state index contributed by atoms with van der Waals surface area (Å²) in [6.07, 6.45) is 0.0947. The Kier molecular flexibility index (Phi) is 6.78. The minimum atomic E-state index is -0.257. The molecule has 132 valence electrons. The van der Waals surface area contributed by atoms with E-state index in [0.29, 0.717) is 5.56 Å². The number of rotatable bonds is 4. The average molecular weight is 468 g/mol. The van der Waals surface area contributed by atoms with Crippen LogP contribution in [0.5, 0.6) is 5.75 Å². The fourth-order valence-corrected chi connectivity index (χ4v) is 2.83. The summed E-state index contributed by atoms with van der Waals surface area (Å²) in [5.41, 5.74) is 3.72. The maximum Gasteiger partial charge on any atom is 0.257 e. The lowest BCUT2D eigenvalue weighted by molar-refractivity contribution is 0.0977. The Balaban J connectivity index is 1.99. The molecule has 0 saturated heterocycles. The van der Waals surface area contributed by atoms with E-state index >= 15 is 0 Å². The molecule has 0 aliphatic carbocycles. The number of benzene rings is 2. The quantitative estimate of drug-likeness (QED) is 0.499. The Bertz CT molecular complexity index is 766.